The number of anilines is 1. The highest BCUT2D eigenvalue weighted by Gasteiger charge is 2.13. The number of fused-ring (bicyclic) bond motifs is 1. The third-order valence-corrected chi connectivity index (χ3v) is 2.86. The fourth-order valence-electron chi connectivity index (χ4n) is 1.36. The maximum atomic E-state index is 3.28. The quantitative estimate of drug-likeness (QED) is 0.666. The minimum atomic E-state index is 0.943. The summed E-state index contributed by atoms with van der Waals surface area (Å²) in [5, 5.41) is 0. The van der Waals surface area contributed by atoms with Crippen LogP contribution in [0.3, 0.4) is 0 Å². The zero-order chi connectivity index (χ0) is 8.39. The van der Waals surface area contributed by atoms with Gasteiger partial charge in [0.25, 0.3) is 0 Å². The summed E-state index contributed by atoms with van der Waals surface area (Å²) in [6.07, 6.45) is 0. The molecule has 0 radical (unpaired) electrons. The first-order chi connectivity index (χ1) is 5.92. The summed E-state index contributed by atoms with van der Waals surface area (Å²) in [5.41, 5.74) is 1.35. The van der Waals surface area contributed by atoms with E-state index in [2.05, 4.69) is 40.8 Å². The molecule has 3 heteroatoms. The number of rotatable bonds is 1. The van der Waals surface area contributed by atoms with Gasteiger partial charge < -0.3 is 4.90 Å². The second-order valence-corrected chi connectivity index (χ2v) is 3.66. The topological polar surface area (TPSA) is 15.3 Å². The van der Waals surface area contributed by atoms with Crippen molar-refractivity contribution in [1.82, 2.24) is 4.72 Å². The van der Waals surface area contributed by atoms with Crippen LogP contribution in [-0.2, 0) is 0 Å². The standard InChI is InChI=1S/C9H12N2S/c1-2-11-7-10-12-9-6-4-3-5-8(9)11/h3-6,10H,2,7H2,1H3. The molecule has 0 spiro atoms. The lowest BCUT2D eigenvalue weighted by Gasteiger charge is -2.29. The fraction of sp³-hybridized carbons (Fsp3) is 0.333. The van der Waals surface area contributed by atoms with Crippen molar-refractivity contribution in [3.8, 4) is 0 Å². The number of nitrogens with zero attached hydrogens (tertiary/aromatic N) is 1. The number of nitrogens with one attached hydrogen (secondary N) is 1. The Kier molecular flexibility index (Phi) is 2.23. The Morgan fingerprint density at radius 3 is 3.17 bits per heavy atom. The van der Waals surface area contributed by atoms with Crippen molar-refractivity contribution in [3.05, 3.63) is 24.3 Å². The molecule has 2 rings (SSSR count). The van der Waals surface area contributed by atoms with E-state index in [1.165, 1.54) is 10.6 Å². The van der Waals surface area contributed by atoms with Crippen LogP contribution in [0.1, 0.15) is 6.92 Å². The molecule has 2 nitrogen and oxygen atoms in total. The van der Waals surface area contributed by atoms with Crippen LogP contribution >= 0.6 is 11.9 Å². The molecule has 1 N–H and O–H groups in total. The zero-order valence-electron chi connectivity index (χ0n) is 7.08. The third kappa shape index (κ3) is 1.30. The van der Waals surface area contributed by atoms with Crippen molar-refractivity contribution >= 4 is 17.6 Å². The van der Waals surface area contributed by atoms with E-state index in [0.717, 1.165) is 13.2 Å². The van der Waals surface area contributed by atoms with E-state index in [0.29, 0.717) is 0 Å². The molecule has 1 aromatic rings. The average molecular weight is 180 g/mol. The molecular formula is C9H12N2S. The third-order valence-electron chi connectivity index (χ3n) is 2.03. The van der Waals surface area contributed by atoms with E-state index in [4.69, 9.17) is 0 Å². The molecule has 1 aromatic carbocycles. The van der Waals surface area contributed by atoms with E-state index >= 15 is 0 Å². The van der Waals surface area contributed by atoms with Crippen LogP contribution in [0, 0.1) is 0 Å². The van der Waals surface area contributed by atoms with Gasteiger partial charge in [-0.25, -0.2) is 4.72 Å². The van der Waals surface area contributed by atoms with Crippen LogP contribution in [-0.4, -0.2) is 13.2 Å². The van der Waals surface area contributed by atoms with Crippen molar-refractivity contribution in [3.63, 3.8) is 0 Å². The van der Waals surface area contributed by atoms with Gasteiger partial charge in [0.05, 0.1) is 12.4 Å². The minimum absolute atomic E-state index is 0.943. The molecule has 1 aliphatic heterocycles. The first kappa shape index (κ1) is 7.95. The summed E-state index contributed by atoms with van der Waals surface area (Å²) in [5.74, 6) is 0. The van der Waals surface area contributed by atoms with E-state index in [9.17, 15) is 0 Å². The molecular weight excluding hydrogens is 168 g/mol. The van der Waals surface area contributed by atoms with E-state index in [1.54, 1.807) is 11.9 Å². The van der Waals surface area contributed by atoms with Crippen LogP contribution in [0.25, 0.3) is 0 Å². The number of benzene rings is 1. The normalized spacial score (nSPS) is 15.9. The molecule has 0 saturated carbocycles. The van der Waals surface area contributed by atoms with Gasteiger partial charge in [-0.1, -0.05) is 12.1 Å². The van der Waals surface area contributed by atoms with Crippen LogP contribution in [0.15, 0.2) is 29.2 Å². The highest BCUT2D eigenvalue weighted by atomic mass is 32.2. The van der Waals surface area contributed by atoms with Crippen molar-refractivity contribution in [2.24, 2.45) is 0 Å². The second-order valence-electron chi connectivity index (χ2n) is 2.73. The van der Waals surface area contributed by atoms with E-state index in [1.807, 2.05) is 0 Å². The highest BCUT2D eigenvalue weighted by molar-refractivity contribution is 7.97. The summed E-state index contributed by atoms with van der Waals surface area (Å²) in [4.78, 5) is 3.65. The number of para-hydroxylation sites is 1. The molecule has 0 saturated heterocycles. The van der Waals surface area contributed by atoms with Crippen LogP contribution in [0.2, 0.25) is 0 Å². The molecule has 0 unspecified atom stereocenters. The molecule has 0 fully saturated rings. The summed E-state index contributed by atoms with van der Waals surface area (Å²) in [6, 6.07) is 8.49. The van der Waals surface area contributed by atoms with Crippen LogP contribution in [0.4, 0.5) is 5.69 Å². The summed E-state index contributed by atoms with van der Waals surface area (Å²) in [7, 11) is 0. The first-order valence-corrected chi connectivity index (χ1v) is 4.97. The molecule has 64 valence electrons. The van der Waals surface area contributed by atoms with Gasteiger partial charge in [-0.2, -0.15) is 0 Å². The monoisotopic (exact) mass is 180 g/mol. The Balaban J connectivity index is 2.37. The molecule has 0 aromatic heterocycles. The predicted molar refractivity (Wildman–Crippen MR) is 53.3 cm³/mol. The van der Waals surface area contributed by atoms with Crippen LogP contribution < -0.4 is 9.62 Å². The first-order valence-electron chi connectivity index (χ1n) is 4.15. The molecule has 12 heavy (non-hydrogen) atoms. The average Bonchev–Trinajstić information content (AvgIpc) is 2.17. The lowest BCUT2D eigenvalue weighted by atomic mass is 10.3. The smallest absolute Gasteiger partial charge is 0.0778 e. The molecule has 0 aliphatic carbocycles. The van der Waals surface area contributed by atoms with Gasteiger partial charge in [0.2, 0.25) is 0 Å². The van der Waals surface area contributed by atoms with Gasteiger partial charge in [-0.3, -0.25) is 0 Å². The molecule has 1 heterocycles. The lowest BCUT2D eigenvalue weighted by Crippen LogP contribution is -2.34. The van der Waals surface area contributed by atoms with Crippen LogP contribution in [0.5, 0.6) is 0 Å². The zero-order valence-corrected chi connectivity index (χ0v) is 7.90. The van der Waals surface area contributed by atoms with Crippen molar-refractivity contribution in [1.29, 1.82) is 0 Å². The van der Waals surface area contributed by atoms with Gasteiger partial charge in [0, 0.05) is 11.4 Å². The van der Waals surface area contributed by atoms with Crippen molar-refractivity contribution < 1.29 is 0 Å². The van der Waals surface area contributed by atoms with Gasteiger partial charge in [-0.15, -0.1) is 0 Å². The summed E-state index contributed by atoms with van der Waals surface area (Å²) < 4.78 is 3.28. The predicted octanol–water partition coefficient (Wildman–Crippen LogP) is 2.08. The maximum absolute atomic E-state index is 3.28. The van der Waals surface area contributed by atoms with Gasteiger partial charge >= 0.3 is 0 Å². The van der Waals surface area contributed by atoms with E-state index < -0.39 is 0 Å². The molecule has 0 atom stereocenters. The van der Waals surface area contributed by atoms with Gasteiger partial charge in [-0.05, 0) is 31.0 Å². The van der Waals surface area contributed by atoms with Crippen molar-refractivity contribution in [2.45, 2.75) is 11.8 Å². The Bertz CT molecular complexity index is 275. The molecule has 1 aliphatic rings. The van der Waals surface area contributed by atoms with Crippen molar-refractivity contribution in [2.75, 3.05) is 18.1 Å². The molecule has 0 amide bonds. The maximum Gasteiger partial charge on any atom is 0.0778 e. The largest absolute Gasteiger partial charge is 0.357 e. The van der Waals surface area contributed by atoms with Gasteiger partial charge in [0.1, 0.15) is 0 Å². The number of hydrogen-bond acceptors (Lipinski definition) is 3. The summed E-state index contributed by atoms with van der Waals surface area (Å²) in [6.45, 7) is 4.18. The van der Waals surface area contributed by atoms with Gasteiger partial charge in [0.15, 0.2) is 0 Å². The SMILES string of the molecule is CCN1CNSc2ccccc21. The second kappa shape index (κ2) is 3.37. The Labute approximate surface area is 77.1 Å². The Morgan fingerprint density at radius 2 is 2.33 bits per heavy atom. The fourth-order valence-corrected chi connectivity index (χ4v) is 2.18. The molecule has 0 bridgehead atoms. The minimum Gasteiger partial charge on any atom is -0.357 e. The van der Waals surface area contributed by atoms with E-state index in [-0.39, 0.29) is 0 Å². The Morgan fingerprint density at radius 1 is 1.50 bits per heavy atom. The lowest BCUT2D eigenvalue weighted by molar-refractivity contribution is 0.785. The Hall–Kier alpha value is -0.670. The highest BCUT2D eigenvalue weighted by Crippen LogP contribution is 2.30. The summed E-state index contributed by atoms with van der Waals surface area (Å²) >= 11 is 1.72. The number of hydrogen-bond donors (Lipinski definition) is 1.